The number of hydrogen-bond acceptors (Lipinski definition) is 2. The van der Waals surface area contributed by atoms with Gasteiger partial charge < -0.3 is 14.4 Å². The summed E-state index contributed by atoms with van der Waals surface area (Å²) in [5.74, 6) is -0.0213. The van der Waals surface area contributed by atoms with Crippen molar-refractivity contribution in [1.82, 2.24) is 14.4 Å². The molecule has 1 heterocycles. The molecule has 2 amide bonds. The third kappa shape index (κ3) is 8.18. The van der Waals surface area contributed by atoms with Crippen LogP contribution >= 0.6 is 11.6 Å². The third-order valence-corrected chi connectivity index (χ3v) is 7.79. The van der Waals surface area contributed by atoms with Gasteiger partial charge in [-0.2, -0.15) is 0 Å². The number of nitrogens with zero attached hydrogens (tertiary/aromatic N) is 3. The molecule has 39 heavy (non-hydrogen) atoms. The average molecular weight is 552 g/mol. The molecule has 0 aliphatic heterocycles. The Morgan fingerprint density at radius 3 is 2.36 bits per heavy atom. The van der Waals surface area contributed by atoms with Crippen LogP contribution in [0.3, 0.4) is 0 Å². The highest BCUT2D eigenvalue weighted by atomic mass is 35.5. The van der Waals surface area contributed by atoms with Crippen molar-refractivity contribution in [3.8, 4) is 0 Å². The van der Waals surface area contributed by atoms with Crippen molar-refractivity contribution in [1.29, 1.82) is 0 Å². The van der Waals surface area contributed by atoms with Gasteiger partial charge in [0, 0.05) is 41.6 Å². The molecule has 1 saturated carbocycles. The highest BCUT2D eigenvalue weighted by Crippen LogP contribution is 2.25. The highest BCUT2D eigenvalue weighted by molar-refractivity contribution is 6.30. The molecule has 0 saturated heterocycles. The second-order valence-corrected chi connectivity index (χ2v) is 11.4. The quantitative estimate of drug-likeness (QED) is 0.253. The largest absolute Gasteiger partial charge is 0.345 e. The van der Waals surface area contributed by atoms with E-state index < -0.39 is 0 Å². The zero-order valence-electron chi connectivity index (χ0n) is 23.0. The van der Waals surface area contributed by atoms with Crippen molar-refractivity contribution in [3.63, 3.8) is 0 Å². The number of benzene rings is 2. The third-order valence-electron chi connectivity index (χ3n) is 7.54. The molecule has 1 aromatic heterocycles. The molecule has 208 valence electrons. The predicted octanol–water partition coefficient (Wildman–Crippen LogP) is 7.18. The van der Waals surface area contributed by atoms with E-state index in [0.29, 0.717) is 36.1 Å². The van der Waals surface area contributed by atoms with E-state index in [9.17, 15) is 14.0 Å². The molecule has 0 unspecified atom stereocenters. The first-order valence-corrected chi connectivity index (χ1v) is 14.4. The van der Waals surface area contributed by atoms with E-state index in [1.807, 2.05) is 23.2 Å². The molecule has 0 bridgehead atoms. The predicted molar refractivity (Wildman–Crippen MR) is 154 cm³/mol. The van der Waals surface area contributed by atoms with Gasteiger partial charge in [-0.1, -0.05) is 56.8 Å². The number of carbonyl (C=O) groups is 2. The lowest BCUT2D eigenvalue weighted by atomic mass is 9.94. The van der Waals surface area contributed by atoms with Crippen LogP contribution in [-0.2, 0) is 17.9 Å². The zero-order chi connectivity index (χ0) is 27.8. The molecule has 0 N–H and O–H groups in total. The van der Waals surface area contributed by atoms with E-state index in [0.717, 1.165) is 43.4 Å². The average Bonchev–Trinajstić information content (AvgIpc) is 3.37. The molecule has 0 radical (unpaired) electrons. The Kier molecular flexibility index (Phi) is 10.2. The number of carbonyl (C=O) groups excluding carboxylic acids is 2. The summed E-state index contributed by atoms with van der Waals surface area (Å²) in [5, 5.41) is 0.573. The fraction of sp³-hybridized carbons (Fsp3) is 0.438. The van der Waals surface area contributed by atoms with Gasteiger partial charge in [-0.25, -0.2) is 4.39 Å². The fourth-order valence-electron chi connectivity index (χ4n) is 5.22. The van der Waals surface area contributed by atoms with Crippen molar-refractivity contribution >= 4 is 23.4 Å². The summed E-state index contributed by atoms with van der Waals surface area (Å²) in [6, 6.07) is 17.6. The zero-order valence-corrected chi connectivity index (χ0v) is 23.7. The highest BCUT2D eigenvalue weighted by Gasteiger charge is 2.29. The first-order valence-electron chi connectivity index (χ1n) is 14.0. The Morgan fingerprint density at radius 2 is 1.69 bits per heavy atom. The van der Waals surface area contributed by atoms with Crippen molar-refractivity contribution in [2.45, 2.75) is 71.5 Å². The topological polar surface area (TPSA) is 45.6 Å². The fourth-order valence-corrected chi connectivity index (χ4v) is 5.34. The first kappa shape index (κ1) is 28.9. The number of amides is 2. The maximum atomic E-state index is 14.0. The number of hydrogen-bond donors (Lipinski definition) is 0. The van der Waals surface area contributed by atoms with Crippen LogP contribution in [0.2, 0.25) is 5.02 Å². The first-order chi connectivity index (χ1) is 18.8. The molecule has 0 atom stereocenters. The van der Waals surface area contributed by atoms with Crippen LogP contribution in [-0.4, -0.2) is 45.3 Å². The van der Waals surface area contributed by atoms with Gasteiger partial charge in [0.1, 0.15) is 12.4 Å². The molecule has 1 aliphatic rings. The van der Waals surface area contributed by atoms with E-state index in [1.165, 1.54) is 18.6 Å². The van der Waals surface area contributed by atoms with Gasteiger partial charge in [0.2, 0.25) is 5.91 Å². The van der Waals surface area contributed by atoms with Gasteiger partial charge >= 0.3 is 0 Å². The minimum atomic E-state index is -0.254. The Balaban J connectivity index is 1.55. The summed E-state index contributed by atoms with van der Waals surface area (Å²) in [7, 11) is 0. The molecule has 1 fully saturated rings. The van der Waals surface area contributed by atoms with Crippen LogP contribution in [0.4, 0.5) is 4.39 Å². The van der Waals surface area contributed by atoms with Gasteiger partial charge in [0.05, 0.1) is 6.54 Å². The molecule has 7 heteroatoms. The second kappa shape index (κ2) is 13.8. The van der Waals surface area contributed by atoms with E-state index in [2.05, 4.69) is 18.4 Å². The van der Waals surface area contributed by atoms with E-state index >= 15 is 0 Å². The smallest absolute Gasteiger partial charge is 0.254 e. The molecule has 3 aromatic rings. The Hall–Kier alpha value is -3.12. The van der Waals surface area contributed by atoms with Crippen LogP contribution < -0.4 is 0 Å². The lowest BCUT2D eigenvalue weighted by Gasteiger charge is -2.36. The van der Waals surface area contributed by atoms with Gasteiger partial charge in [0.25, 0.3) is 5.91 Å². The summed E-state index contributed by atoms with van der Waals surface area (Å²) in [5.41, 5.74) is 2.56. The van der Waals surface area contributed by atoms with Crippen LogP contribution in [0.25, 0.3) is 0 Å². The van der Waals surface area contributed by atoms with Crippen molar-refractivity contribution in [3.05, 3.63) is 94.5 Å². The summed E-state index contributed by atoms with van der Waals surface area (Å²) < 4.78 is 15.5. The summed E-state index contributed by atoms with van der Waals surface area (Å²) >= 11 is 6.04. The lowest BCUT2D eigenvalue weighted by molar-refractivity contribution is -0.135. The number of rotatable bonds is 11. The van der Waals surface area contributed by atoms with Crippen molar-refractivity contribution < 1.29 is 14.0 Å². The summed E-state index contributed by atoms with van der Waals surface area (Å²) in [6.07, 6.45) is 8.16. The molecule has 4 rings (SSSR count). The minimum Gasteiger partial charge on any atom is -0.345 e. The van der Waals surface area contributed by atoms with E-state index in [1.54, 1.807) is 41.3 Å². The van der Waals surface area contributed by atoms with Crippen LogP contribution in [0.5, 0.6) is 0 Å². The van der Waals surface area contributed by atoms with Gasteiger partial charge in [-0.05, 0) is 79.3 Å². The molecule has 0 spiro atoms. The van der Waals surface area contributed by atoms with Gasteiger partial charge in [0.15, 0.2) is 0 Å². The Bertz CT molecular complexity index is 1220. The van der Waals surface area contributed by atoms with Crippen LogP contribution in [0.15, 0.2) is 66.9 Å². The maximum absolute atomic E-state index is 14.0. The van der Waals surface area contributed by atoms with Gasteiger partial charge in [-0.15, -0.1) is 0 Å². The molecule has 2 aromatic carbocycles. The summed E-state index contributed by atoms with van der Waals surface area (Å²) in [4.78, 5) is 31.2. The maximum Gasteiger partial charge on any atom is 0.254 e. The molecule has 5 nitrogen and oxygen atoms in total. The SMILES string of the molecule is CC(C)CCN(CC(=O)N(Cc1cccn1Cc1ccc(F)cc1)C1CCCCC1)C(=O)c1ccc(Cl)cc1. The molecule has 1 aliphatic carbocycles. The van der Waals surface area contributed by atoms with E-state index in [-0.39, 0.29) is 30.2 Å². The summed E-state index contributed by atoms with van der Waals surface area (Å²) in [6.45, 7) is 5.89. The Labute approximate surface area is 236 Å². The van der Waals surface area contributed by atoms with Crippen molar-refractivity contribution in [2.24, 2.45) is 5.92 Å². The van der Waals surface area contributed by atoms with Crippen LogP contribution in [0, 0.1) is 11.7 Å². The number of aromatic nitrogens is 1. The normalized spacial score (nSPS) is 14.0. The molecular weight excluding hydrogens is 513 g/mol. The van der Waals surface area contributed by atoms with Crippen molar-refractivity contribution in [2.75, 3.05) is 13.1 Å². The van der Waals surface area contributed by atoms with Crippen LogP contribution in [0.1, 0.15) is 74.0 Å². The van der Waals surface area contributed by atoms with E-state index in [4.69, 9.17) is 11.6 Å². The Morgan fingerprint density at radius 1 is 1.00 bits per heavy atom. The molecular formula is C32H39ClFN3O2. The minimum absolute atomic E-state index is 0.0255. The standard InChI is InChI=1S/C32H39ClFN3O2/c1-24(2)18-20-36(32(39)26-12-14-27(33)15-13-26)23-31(38)37(29-7-4-3-5-8-29)22-30-9-6-19-35(30)21-25-10-16-28(34)17-11-25/h6,9-17,19,24,29H,3-5,7-8,18,20-23H2,1-2H3. The number of halogens is 2. The monoisotopic (exact) mass is 551 g/mol. The second-order valence-electron chi connectivity index (χ2n) is 11.0. The van der Waals surface area contributed by atoms with Gasteiger partial charge in [-0.3, -0.25) is 9.59 Å². The lowest BCUT2D eigenvalue weighted by Crippen LogP contribution is -2.48.